The van der Waals surface area contributed by atoms with Crippen molar-refractivity contribution in [2.24, 2.45) is 0 Å². The maximum Gasteiger partial charge on any atom is 0.490 e. The molecule has 2 aliphatic rings. The van der Waals surface area contributed by atoms with Crippen molar-refractivity contribution in [1.29, 1.82) is 0 Å². The fraction of sp³-hybridized carbons (Fsp3) is 0.370. The molecule has 236 valence electrons. The minimum Gasteiger partial charge on any atom is -0.475 e. The smallest absolute Gasteiger partial charge is 0.475 e. The van der Waals surface area contributed by atoms with Crippen LogP contribution in [0.5, 0.6) is 0 Å². The van der Waals surface area contributed by atoms with Crippen molar-refractivity contribution in [2.75, 3.05) is 49.5 Å². The van der Waals surface area contributed by atoms with Crippen LogP contribution in [0.1, 0.15) is 27.9 Å². The van der Waals surface area contributed by atoms with Crippen LogP contribution in [-0.2, 0) is 9.59 Å². The van der Waals surface area contributed by atoms with Crippen LogP contribution in [0.4, 0.5) is 42.1 Å². The summed E-state index contributed by atoms with van der Waals surface area (Å²) in [4.78, 5) is 32.8. The third kappa shape index (κ3) is 11.2. The summed E-state index contributed by atoms with van der Waals surface area (Å²) in [6.45, 7) is 7.56. The number of rotatable bonds is 4. The van der Waals surface area contributed by atoms with Gasteiger partial charge in [-0.2, -0.15) is 26.3 Å². The van der Waals surface area contributed by atoms with Gasteiger partial charge in [-0.25, -0.2) is 14.0 Å². The van der Waals surface area contributed by atoms with Gasteiger partial charge in [0, 0.05) is 55.2 Å². The normalized spacial score (nSPS) is 15.2. The Morgan fingerprint density at radius 3 is 1.91 bits per heavy atom. The summed E-state index contributed by atoms with van der Waals surface area (Å²) >= 11 is 0. The van der Waals surface area contributed by atoms with Gasteiger partial charge in [-0.3, -0.25) is 4.79 Å². The summed E-state index contributed by atoms with van der Waals surface area (Å²) in [6.07, 6.45) is -7.37. The Balaban J connectivity index is 0.000000384. The zero-order chi connectivity index (χ0) is 32.4. The van der Waals surface area contributed by atoms with Crippen molar-refractivity contribution in [1.82, 2.24) is 10.6 Å². The third-order valence-electron chi connectivity index (χ3n) is 6.04. The lowest BCUT2D eigenvalue weighted by molar-refractivity contribution is -0.193. The quantitative estimate of drug-likeness (QED) is 0.317. The zero-order valence-electron chi connectivity index (χ0n) is 22.7. The van der Waals surface area contributed by atoms with Crippen molar-refractivity contribution < 1.29 is 55.3 Å². The molecule has 0 aromatic heterocycles. The molecule has 1 saturated heterocycles. The maximum atomic E-state index is 14.6. The Labute approximate surface area is 241 Å². The number of aryl methyl sites for hydroxylation is 1. The van der Waals surface area contributed by atoms with Crippen LogP contribution in [0.3, 0.4) is 0 Å². The van der Waals surface area contributed by atoms with E-state index in [4.69, 9.17) is 19.8 Å². The van der Waals surface area contributed by atoms with Gasteiger partial charge >= 0.3 is 24.3 Å². The summed E-state index contributed by atoms with van der Waals surface area (Å²) in [7, 11) is 0. The number of carbonyl (C=O) groups is 3. The Hall–Kier alpha value is -4.18. The second-order valence-corrected chi connectivity index (χ2v) is 9.18. The molecule has 0 unspecified atom stereocenters. The molecule has 2 aromatic carbocycles. The van der Waals surface area contributed by atoms with Crippen LogP contribution in [0, 0.1) is 12.7 Å². The third-order valence-corrected chi connectivity index (χ3v) is 6.04. The number of hydrogen-bond acceptors (Lipinski definition) is 6. The molecule has 0 atom stereocenters. The molecule has 2 aliphatic heterocycles. The highest BCUT2D eigenvalue weighted by molar-refractivity contribution is 6.04. The lowest BCUT2D eigenvalue weighted by Crippen LogP contribution is -2.43. The number of hydrogen-bond donors (Lipinski definition) is 5. The predicted molar refractivity (Wildman–Crippen MR) is 143 cm³/mol. The Kier molecular flexibility index (Phi) is 12.5. The first-order valence-corrected chi connectivity index (χ1v) is 12.7. The summed E-state index contributed by atoms with van der Waals surface area (Å²) in [5.74, 6) is -6.17. The first-order chi connectivity index (χ1) is 20.0. The number of nitrogens with one attached hydrogen (secondary N) is 3. The van der Waals surface area contributed by atoms with E-state index in [0.29, 0.717) is 11.1 Å². The summed E-state index contributed by atoms with van der Waals surface area (Å²) in [6, 6.07) is 10.7. The SMILES string of the molecule is Cc1cc(NC(=O)c2ccc(C3=CCNCC3)c(F)c2)ccc1N1CCNCC1.O=C(O)C(F)(F)F.O=C(O)C(F)(F)F. The number of piperazine rings is 1. The number of anilines is 2. The highest BCUT2D eigenvalue weighted by atomic mass is 19.4. The molecule has 43 heavy (non-hydrogen) atoms. The monoisotopic (exact) mass is 622 g/mol. The van der Waals surface area contributed by atoms with E-state index in [1.165, 1.54) is 11.8 Å². The van der Waals surface area contributed by atoms with E-state index < -0.39 is 24.3 Å². The van der Waals surface area contributed by atoms with Crippen molar-refractivity contribution in [3.05, 3.63) is 65.0 Å². The molecule has 0 radical (unpaired) electrons. The molecule has 9 nitrogen and oxygen atoms in total. The van der Waals surface area contributed by atoms with Crippen LogP contribution in [0.15, 0.2) is 42.5 Å². The van der Waals surface area contributed by atoms with Crippen LogP contribution in [-0.4, -0.2) is 79.7 Å². The van der Waals surface area contributed by atoms with Crippen molar-refractivity contribution in [3.8, 4) is 0 Å². The van der Waals surface area contributed by atoms with Crippen LogP contribution < -0.4 is 20.9 Å². The maximum absolute atomic E-state index is 14.6. The zero-order valence-corrected chi connectivity index (χ0v) is 22.7. The molecule has 0 bridgehead atoms. The van der Waals surface area contributed by atoms with E-state index in [2.05, 4.69) is 20.9 Å². The number of alkyl halides is 6. The fourth-order valence-corrected chi connectivity index (χ4v) is 3.98. The number of carbonyl (C=O) groups excluding carboxylic acids is 1. The molecule has 0 spiro atoms. The Bertz CT molecular complexity index is 1300. The number of amides is 1. The molecular weight excluding hydrogens is 593 g/mol. The lowest BCUT2D eigenvalue weighted by atomic mass is 9.98. The van der Waals surface area contributed by atoms with Gasteiger partial charge in [0.15, 0.2) is 0 Å². The summed E-state index contributed by atoms with van der Waals surface area (Å²) < 4.78 is 78.1. The predicted octanol–water partition coefficient (Wildman–Crippen LogP) is 4.44. The number of carboxylic acids is 2. The van der Waals surface area contributed by atoms with E-state index in [9.17, 15) is 35.5 Å². The molecular formula is C27H29F7N4O5. The number of halogens is 7. The van der Waals surface area contributed by atoms with Crippen molar-refractivity contribution in [2.45, 2.75) is 25.7 Å². The number of aliphatic carboxylic acids is 2. The highest BCUT2D eigenvalue weighted by Crippen LogP contribution is 2.26. The van der Waals surface area contributed by atoms with Gasteiger partial charge in [0.1, 0.15) is 5.82 Å². The van der Waals surface area contributed by atoms with Gasteiger partial charge in [0.05, 0.1) is 0 Å². The molecule has 5 N–H and O–H groups in total. The topological polar surface area (TPSA) is 131 Å². The van der Waals surface area contributed by atoms with Gasteiger partial charge in [0.2, 0.25) is 0 Å². The first-order valence-electron chi connectivity index (χ1n) is 12.7. The van der Waals surface area contributed by atoms with E-state index in [-0.39, 0.29) is 11.7 Å². The van der Waals surface area contributed by atoms with Crippen LogP contribution >= 0.6 is 0 Å². The van der Waals surface area contributed by atoms with Gasteiger partial charge in [-0.15, -0.1) is 0 Å². The molecule has 0 aliphatic carbocycles. The molecule has 0 saturated carbocycles. The second-order valence-electron chi connectivity index (χ2n) is 9.18. The summed E-state index contributed by atoms with van der Waals surface area (Å²) in [5, 5.41) is 23.7. The van der Waals surface area contributed by atoms with Gasteiger partial charge in [-0.1, -0.05) is 12.1 Å². The van der Waals surface area contributed by atoms with E-state index in [1.807, 2.05) is 31.2 Å². The van der Waals surface area contributed by atoms with Crippen LogP contribution in [0.25, 0.3) is 5.57 Å². The minimum atomic E-state index is -5.08. The highest BCUT2D eigenvalue weighted by Gasteiger charge is 2.38. The molecule has 4 rings (SSSR count). The Morgan fingerprint density at radius 1 is 0.860 bits per heavy atom. The molecule has 16 heteroatoms. The number of benzene rings is 2. The molecule has 1 fully saturated rings. The van der Waals surface area contributed by atoms with E-state index in [1.54, 1.807) is 12.1 Å². The van der Waals surface area contributed by atoms with Gasteiger partial charge in [-0.05, 0) is 61.4 Å². The minimum absolute atomic E-state index is 0.302. The standard InChI is InChI=1S/C23H27FN4O.2C2HF3O2/c1-16-14-19(3-5-22(16)28-12-10-26-11-13-28)27-23(29)18-2-4-20(21(24)15-18)17-6-8-25-9-7-17;2*3-2(4,5)1(6)7/h2-6,14-15,25-26H,7-13H2,1H3,(H,27,29);2*(H,6,7). The Morgan fingerprint density at radius 2 is 1.44 bits per heavy atom. The van der Waals surface area contributed by atoms with Crippen LogP contribution in [0.2, 0.25) is 0 Å². The molecule has 2 aromatic rings. The second kappa shape index (κ2) is 15.3. The van der Waals surface area contributed by atoms with Gasteiger partial charge in [0.25, 0.3) is 5.91 Å². The largest absolute Gasteiger partial charge is 0.490 e. The van der Waals surface area contributed by atoms with E-state index >= 15 is 0 Å². The van der Waals surface area contributed by atoms with Crippen molar-refractivity contribution in [3.63, 3.8) is 0 Å². The first kappa shape index (κ1) is 35.0. The molecule has 1 amide bonds. The van der Waals surface area contributed by atoms with Gasteiger partial charge < -0.3 is 31.1 Å². The molecule has 2 heterocycles. The lowest BCUT2D eigenvalue weighted by Gasteiger charge is -2.30. The average Bonchev–Trinajstić information content (AvgIpc) is 2.93. The van der Waals surface area contributed by atoms with E-state index in [0.717, 1.165) is 62.5 Å². The summed E-state index contributed by atoms with van der Waals surface area (Å²) in [5.41, 5.74) is 4.92. The average molecular weight is 623 g/mol. The van der Waals surface area contributed by atoms with Crippen molar-refractivity contribution >= 4 is 34.8 Å². The fourth-order valence-electron chi connectivity index (χ4n) is 3.98. The number of carboxylic acid groups (broad SMARTS) is 2. The number of nitrogens with zero attached hydrogens (tertiary/aromatic N) is 1.